The summed E-state index contributed by atoms with van der Waals surface area (Å²) in [5, 5.41) is 2.02. The van der Waals surface area contributed by atoms with Gasteiger partial charge < -0.3 is 5.32 Å². The number of nitrogens with one attached hydrogen (secondary N) is 1. The van der Waals surface area contributed by atoms with Crippen LogP contribution in [0.25, 0.3) is 6.08 Å². The van der Waals surface area contributed by atoms with Gasteiger partial charge in [-0.25, -0.2) is 4.39 Å². The van der Waals surface area contributed by atoms with Gasteiger partial charge >= 0.3 is 0 Å². The minimum Gasteiger partial charge on any atom is -0.353 e. The molecule has 8 heteroatoms. The molecule has 116 valence electrons. The minimum absolute atomic E-state index is 0.0436. The molecule has 0 aliphatic carbocycles. The fourth-order valence-electron chi connectivity index (χ4n) is 1.78. The minimum atomic E-state index is -0.502. The van der Waals surface area contributed by atoms with Gasteiger partial charge in [-0.15, -0.1) is 11.6 Å². The van der Waals surface area contributed by atoms with Gasteiger partial charge in [-0.1, -0.05) is 18.2 Å². The number of imide groups is 1. The molecule has 0 atom stereocenters. The summed E-state index contributed by atoms with van der Waals surface area (Å²) in [5.74, 6) is -1.53. The zero-order valence-electron chi connectivity index (χ0n) is 11.3. The zero-order chi connectivity index (χ0) is 16.1. The van der Waals surface area contributed by atoms with Crippen molar-refractivity contribution < 1.29 is 18.8 Å². The van der Waals surface area contributed by atoms with Crippen LogP contribution in [0.5, 0.6) is 0 Å². The van der Waals surface area contributed by atoms with Gasteiger partial charge in [0.25, 0.3) is 11.1 Å². The molecule has 1 saturated heterocycles. The Bertz CT molecular complexity index is 651. The van der Waals surface area contributed by atoms with Crippen LogP contribution in [-0.4, -0.2) is 40.9 Å². The van der Waals surface area contributed by atoms with Crippen LogP contribution < -0.4 is 5.32 Å². The van der Waals surface area contributed by atoms with E-state index in [0.29, 0.717) is 0 Å². The normalized spacial score (nSPS) is 16.5. The van der Waals surface area contributed by atoms with Crippen LogP contribution in [0.4, 0.5) is 9.18 Å². The van der Waals surface area contributed by atoms with Crippen molar-refractivity contribution in [3.63, 3.8) is 0 Å². The number of carbonyl (C=O) groups is 3. The Balaban J connectivity index is 2.05. The van der Waals surface area contributed by atoms with Gasteiger partial charge in [0.05, 0.1) is 4.91 Å². The van der Waals surface area contributed by atoms with E-state index in [2.05, 4.69) is 5.32 Å². The Labute approximate surface area is 135 Å². The first-order chi connectivity index (χ1) is 10.5. The first-order valence-corrected chi connectivity index (χ1v) is 7.70. The SMILES string of the molecule is O=C(CCl)NCCN1C(=O)S/C(=C\c2ccccc2F)C1=O. The molecule has 5 nitrogen and oxygen atoms in total. The number of alkyl halides is 1. The van der Waals surface area contributed by atoms with E-state index < -0.39 is 17.0 Å². The number of carbonyl (C=O) groups excluding carboxylic acids is 3. The second-order valence-electron chi connectivity index (χ2n) is 4.34. The lowest BCUT2D eigenvalue weighted by molar-refractivity contribution is -0.123. The number of nitrogens with zero attached hydrogens (tertiary/aromatic N) is 1. The molecule has 1 N–H and O–H groups in total. The Morgan fingerprint density at radius 1 is 1.36 bits per heavy atom. The molecule has 1 aliphatic rings. The third-order valence-corrected chi connectivity index (χ3v) is 3.99. The zero-order valence-corrected chi connectivity index (χ0v) is 12.9. The van der Waals surface area contributed by atoms with Crippen molar-refractivity contribution in [1.82, 2.24) is 10.2 Å². The van der Waals surface area contributed by atoms with Gasteiger partial charge in [-0.05, 0) is 23.9 Å². The smallest absolute Gasteiger partial charge is 0.293 e. The maximum Gasteiger partial charge on any atom is 0.293 e. The second kappa shape index (κ2) is 7.42. The molecule has 1 fully saturated rings. The maximum atomic E-state index is 13.6. The summed E-state index contributed by atoms with van der Waals surface area (Å²) in [4.78, 5) is 36.1. The predicted octanol–water partition coefficient (Wildman–Crippen LogP) is 2.22. The van der Waals surface area contributed by atoms with Crippen molar-refractivity contribution in [2.75, 3.05) is 19.0 Å². The quantitative estimate of drug-likeness (QED) is 0.658. The predicted molar refractivity (Wildman–Crippen MR) is 82.8 cm³/mol. The lowest BCUT2D eigenvalue weighted by atomic mass is 10.2. The highest BCUT2D eigenvalue weighted by Gasteiger charge is 2.34. The summed E-state index contributed by atoms with van der Waals surface area (Å²) in [6, 6.07) is 5.97. The van der Waals surface area contributed by atoms with E-state index in [0.717, 1.165) is 16.7 Å². The third kappa shape index (κ3) is 3.86. The molecule has 0 aromatic heterocycles. The van der Waals surface area contributed by atoms with Gasteiger partial charge in [-0.2, -0.15) is 0 Å². The summed E-state index contributed by atoms with van der Waals surface area (Å²) in [5.41, 5.74) is 0.239. The van der Waals surface area contributed by atoms with Crippen LogP contribution in [0.1, 0.15) is 5.56 Å². The first kappa shape index (κ1) is 16.5. The molecular weight excluding hydrogens is 331 g/mol. The molecule has 0 bridgehead atoms. The van der Waals surface area contributed by atoms with Crippen LogP contribution in [0.2, 0.25) is 0 Å². The van der Waals surface area contributed by atoms with Crippen molar-refractivity contribution in [3.8, 4) is 0 Å². The Kier molecular flexibility index (Phi) is 5.57. The molecular formula is C14H12ClFN2O3S. The lowest BCUT2D eigenvalue weighted by Gasteiger charge is -2.12. The lowest BCUT2D eigenvalue weighted by Crippen LogP contribution is -2.37. The van der Waals surface area contributed by atoms with Crippen LogP contribution >= 0.6 is 23.4 Å². The molecule has 2 rings (SSSR count). The average Bonchev–Trinajstić information content (AvgIpc) is 2.76. The summed E-state index contributed by atoms with van der Waals surface area (Å²) < 4.78 is 13.6. The van der Waals surface area contributed by atoms with Crippen LogP contribution in [0.3, 0.4) is 0 Å². The molecule has 22 heavy (non-hydrogen) atoms. The largest absolute Gasteiger partial charge is 0.353 e. The van der Waals surface area contributed by atoms with E-state index in [9.17, 15) is 18.8 Å². The van der Waals surface area contributed by atoms with Gasteiger partial charge in [-0.3, -0.25) is 19.3 Å². The number of hydrogen-bond donors (Lipinski definition) is 1. The standard InChI is InChI=1S/C14H12ClFN2O3S/c15-8-12(19)17-5-6-18-13(20)11(22-14(18)21)7-9-3-1-2-4-10(9)16/h1-4,7H,5-6,8H2,(H,17,19)/b11-7-. The summed E-state index contributed by atoms with van der Waals surface area (Å²) in [6.45, 7) is 0.165. The van der Waals surface area contributed by atoms with Crippen LogP contribution in [0, 0.1) is 5.82 Å². The average molecular weight is 343 g/mol. The van der Waals surface area contributed by atoms with Crippen LogP contribution in [-0.2, 0) is 9.59 Å². The number of halogens is 2. The Morgan fingerprint density at radius 2 is 2.09 bits per heavy atom. The summed E-state index contributed by atoms with van der Waals surface area (Å²) >= 11 is 6.07. The Morgan fingerprint density at radius 3 is 2.77 bits per heavy atom. The third-order valence-electron chi connectivity index (χ3n) is 2.84. The number of amides is 3. The fraction of sp³-hybridized carbons (Fsp3) is 0.214. The number of benzene rings is 1. The molecule has 0 unspecified atom stereocenters. The molecule has 0 spiro atoms. The van der Waals surface area contributed by atoms with Gasteiger partial charge in [0.2, 0.25) is 5.91 Å². The number of hydrogen-bond acceptors (Lipinski definition) is 4. The highest BCUT2D eigenvalue weighted by Crippen LogP contribution is 2.32. The number of thioether (sulfide) groups is 1. The van der Waals surface area contributed by atoms with Gasteiger partial charge in [0.15, 0.2) is 0 Å². The monoisotopic (exact) mass is 342 g/mol. The van der Waals surface area contributed by atoms with E-state index in [4.69, 9.17) is 11.6 Å². The van der Waals surface area contributed by atoms with E-state index in [1.54, 1.807) is 6.07 Å². The molecule has 1 aromatic carbocycles. The fourth-order valence-corrected chi connectivity index (χ4v) is 2.73. The van der Waals surface area contributed by atoms with Gasteiger partial charge in [0.1, 0.15) is 11.7 Å². The van der Waals surface area contributed by atoms with Crippen molar-refractivity contribution in [3.05, 3.63) is 40.6 Å². The second-order valence-corrected chi connectivity index (χ2v) is 5.60. The number of rotatable bonds is 5. The topological polar surface area (TPSA) is 66.5 Å². The molecule has 3 amide bonds. The molecule has 0 saturated carbocycles. The molecule has 1 aromatic rings. The molecule has 0 radical (unpaired) electrons. The van der Waals surface area contributed by atoms with Gasteiger partial charge in [0, 0.05) is 18.7 Å². The van der Waals surface area contributed by atoms with Crippen molar-refractivity contribution in [2.24, 2.45) is 0 Å². The van der Waals surface area contributed by atoms with E-state index in [1.807, 2.05) is 0 Å². The maximum absolute atomic E-state index is 13.6. The van der Waals surface area contributed by atoms with E-state index in [1.165, 1.54) is 24.3 Å². The molecule has 1 heterocycles. The van der Waals surface area contributed by atoms with Crippen molar-refractivity contribution in [1.29, 1.82) is 0 Å². The summed E-state index contributed by atoms with van der Waals surface area (Å²) in [7, 11) is 0. The Hall–Kier alpha value is -1.86. The first-order valence-electron chi connectivity index (χ1n) is 6.35. The highest BCUT2D eigenvalue weighted by atomic mass is 35.5. The molecule has 1 aliphatic heterocycles. The van der Waals surface area contributed by atoms with Crippen LogP contribution in [0.15, 0.2) is 29.2 Å². The van der Waals surface area contributed by atoms with E-state index in [-0.39, 0.29) is 35.3 Å². The highest BCUT2D eigenvalue weighted by molar-refractivity contribution is 8.18. The van der Waals surface area contributed by atoms with Crippen molar-refractivity contribution in [2.45, 2.75) is 0 Å². The van der Waals surface area contributed by atoms with E-state index >= 15 is 0 Å². The summed E-state index contributed by atoms with van der Waals surface area (Å²) in [6.07, 6.45) is 1.34. The van der Waals surface area contributed by atoms with Crippen molar-refractivity contribution >= 4 is 46.5 Å².